The molecule has 0 aliphatic carbocycles. The standard InChI is InChI=1S/C4H6N2.2C4H5NO.C3H4N2O.C2H6/c1-4-2-5-3-6-4;1-4-5-2-3-6-4;1-4-2-3-5-6-4;1-3-2-4-6-5-3;1-2/h2-3H,1H3,(H,5,6);2*2-3H,1H3;2H,1H3;1-2H3. The highest BCUT2D eigenvalue weighted by Crippen LogP contribution is 1.88. The number of aromatic nitrogens is 6. The number of aryl methyl sites for hydroxylation is 4. The second-order valence-electron chi connectivity index (χ2n) is 4.46. The molecular formula is C17H26N6O3. The molecule has 9 nitrogen and oxygen atoms in total. The van der Waals surface area contributed by atoms with E-state index in [9.17, 15) is 0 Å². The van der Waals surface area contributed by atoms with Crippen molar-refractivity contribution in [3.8, 4) is 0 Å². The van der Waals surface area contributed by atoms with Crippen LogP contribution in [0.5, 0.6) is 0 Å². The van der Waals surface area contributed by atoms with Gasteiger partial charge in [0.2, 0.25) is 0 Å². The van der Waals surface area contributed by atoms with E-state index in [0.29, 0.717) is 0 Å². The fourth-order valence-corrected chi connectivity index (χ4v) is 1.11. The third-order valence-electron chi connectivity index (χ3n) is 2.23. The van der Waals surface area contributed by atoms with Crippen LogP contribution >= 0.6 is 0 Å². The molecule has 0 spiro atoms. The second kappa shape index (κ2) is 15.3. The van der Waals surface area contributed by atoms with Gasteiger partial charge in [-0.3, -0.25) is 0 Å². The van der Waals surface area contributed by atoms with Gasteiger partial charge in [-0.05, 0) is 20.8 Å². The van der Waals surface area contributed by atoms with E-state index in [4.69, 9.17) is 4.42 Å². The Morgan fingerprint density at radius 3 is 1.88 bits per heavy atom. The first-order valence-corrected chi connectivity index (χ1v) is 8.00. The molecule has 4 heterocycles. The Balaban J connectivity index is 0.000000310. The summed E-state index contributed by atoms with van der Waals surface area (Å²) < 4.78 is 13.5. The largest absolute Gasteiger partial charge is 0.449 e. The van der Waals surface area contributed by atoms with Crippen molar-refractivity contribution < 1.29 is 13.6 Å². The number of aromatic amines is 1. The second-order valence-corrected chi connectivity index (χ2v) is 4.46. The molecule has 4 aromatic heterocycles. The van der Waals surface area contributed by atoms with Crippen molar-refractivity contribution in [3.63, 3.8) is 0 Å². The Labute approximate surface area is 152 Å². The summed E-state index contributed by atoms with van der Waals surface area (Å²) in [7, 11) is 0. The predicted octanol–water partition coefficient (Wildman–Crippen LogP) is 4.09. The maximum absolute atomic E-state index is 4.72. The van der Waals surface area contributed by atoms with E-state index < -0.39 is 0 Å². The van der Waals surface area contributed by atoms with Gasteiger partial charge in [-0.1, -0.05) is 29.3 Å². The highest BCUT2D eigenvalue weighted by molar-refractivity contribution is 4.88. The Kier molecular flexibility index (Phi) is 13.4. The number of hydrogen-bond donors (Lipinski definition) is 1. The summed E-state index contributed by atoms with van der Waals surface area (Å²) in [4.78, 5) is 10.4. The molecule has 0 amide bonds. The zero-order chi connectivity index (χ0) is 19.6. The molecule has 0 aliphatic heterocycles. The van der Waals surface area contributed by atoms with Crippen LogP contribution in [0.1, 0.15) is 36.9 Å². The molecule has 0 aliphatic rings. The molecule has 0 bridgehead atoms. The van der Waals surface area contributed by atoms with Crippen LogP contribution in [0.25, 0.3) is 0 Å². The summed E-state index contributed by atoms with van der Waals surface area (Å²) in [5.41, 5.74) is 1.92. The van der Waals surface area contributed by atoms with Gasteiger partial charge in [0.1, 0.15) is 17.7 Å². The molecule has 0 radical (unpaired) electrons. The highest BCUT2D eigenvalue weighted by atomic mass is 16.6. The fraction of sp³-hybridized carbons (Fsp3) is 0.353. The molecule has 4 aromatic rings. The topological polar surface area (TPSA) is 120 Å². The number of oxazole rings is 1. The predicted molar refractivity (Wildman–Crippen MR) is 96.2 cm³/mol. The number of rotatable bonds is 0. The van der Waals surface area contributed by atoms with E-state index >= 15 is 0 Å². The van der Waals surface area contributed by atoms with Crippen LogP contribution in [0.2, 0.25) is 0 Å². The number of nitrogens with zero attached hydrogens (tertiary/aromatic N) is 5. The minimum Gasteiger partial charge on any atom is -0.449 e. The third-order valence-corrected chi connectivity index (χ3v) is 2.23. The van der Waals surface area contributed by atoms with Gasteiger partial charge < -0.3 is 13.9 Å². The summed E-state index contributed by atoms with van der Waals surface area (Å²) >= 11 is 0. The molecule has 142 valence electrons. The first kappa shape index (κ1) is 22.8. The fourth-order valence-electron chi connectivity index (χ4n) is 1.11. The molecule has 0 saturated carbocycles. The van der Waals surface area contributed by atoms with Gasteiger partial charge >= 0.3 is 0 Å². The number of nitrogens with one attached hydrogen (secondary N) is 1. The summed E-state index contributed by atoms with van der Waals surface area (Å²) in [5, 5.41) is 10.2. The van der Waals surface area contributed by atoms with Crippen LogP contribution in [-0.4, -0.2) is 30.4 Å². The van der Waals surface area contributed by atoms with Crippen molar-refractivity contribution in [1.29, 1.82) is 0 Å². The lowest BCUT2D eigenvalue weighted by Crippen LogP contribution is -1.59. The monoisotopic (exact) mass is 362 g/mol. The molecule has 4 rings (SSSR count). The smallest absolute Gasteiger partial charge is 0.190 e. The van der Waals surface area contributed by atoms with Gasteiger partial charge in [0, 0.05) is 24.9 Å². The summed E-state index contributed by atoms with van der Waals surface area (Å²) in [5.74, 6) is 1.57. The van der Waals surface area contributed by atoms with E-state index in [0.717, 1.165) is 23.0 Å². The Bertz CT molecular complexity index is 576. The van der Waals surface area contributed by atoms with Crippen LogP contribution in [0.15, 0.2) is 57.0 Å². The van der Waals surface area contributed by atoms with E-state index in [1.165, 1.54) is 0 Å². The van der Waals surface area contributed by atoms with Gasteiger partial charge in [-0.2, -0.15) is 0 Å². The van der Waals surface area contributed by atoms with Crippen molar-refractivity contribution in [2.75, 3.05) is 0 Å². The molecule has 0 aromatic carbocycles. The lowest BCUT2D eigenvalue weighted by atomic mass is 10.5. The highest BCUT2D eigenvalue weighted by Gasteiger charge is 1.80. The van der Waals surface area contributed by atoms with E-state index in [2.05, 4.69) is 39.6 Å². The minimum absolute atomic E-state index is 0.718. The van der Waals surface area contributed by atoms with Crippen LogP contribution < -0.4 is 0 Å². The number of H-pyrrole nitrogens is 1. The zero-order valence-corrected chi connectivity index (χ0v) is 16.0. The average Bonchev–Trinajstić information content (AvgIpc) is 3.42. The zero-order valence-electron chi connectivity index (χ0n) is 16.0. The van der Waals surface area contributed by atoms with E-state index in [1.54, 1.807) is 50.4 Å². The lowest BCUT2D eigenvalue weighted by molar-refractivity contribution is 0.304. The van der Waals surface area contributed by atoms with Crippen LogP contribution in [0.3, 0.4) is 0 Å². The SMILES string of the molecule is CC.Cc1ccno1.Cc1cnc[nH]1.Cc1cnon1.Cc1ncco1. The maximum atomic E-state index is 4.72. The van der Waals surface area contributed by atoms with Gasteiger partial charge in [0.15, 0.2) is 5.89 Å². The van der Waals surface area contributed by atoms with E-state index in [1.807, 2.05) is 34.6 Å². The van der Waals surface area contributed by atoms with Crippen molar-refractivity contribution in [2.24, 2.45) is 0 Å². The molecular weight excluding hydrogens is 336 g/mol. The average molecular weight is 362 g/mol. The maximum Gasteiger partial charge on any atom is 0.190 e. The summed E-state index contributed by atoms with van der Waals surface area (Å²) in [6.07, 6.45) is 9.79. The minimum atomic E-state index is 0.718. The molecule has 0 unspecified atom stereocenters. The van der Waals surface area contributed by atoms with Crippen molar-refractivity contribution in [2.45, 2.75) is 41.5 Å². The van der Waals surface area contributed by atoms with Gasteiger partial charge in [0.05, 0.1) is 24.9 Å². The third kappa shape index (κ3) is 13.2. The molecule has 26 heavy (non-hydrogen) atoms. The lowest BCUT2D eigenvalue weighted by Gasteiger charge is -1.67. The number of imidazole rings is 1. The quantitative estimate of drug-likeness (QED) is 0.496. The molecule has 0 saturated heterocycles. The summed E-state index contributed by atoms with van der Waals surface area (Å²) in [6.45, 7) is 11.4. The van der Waals surface area contributed by atoms with Gasteiger partial charge in [-0.25, -0.2) is 14.6 Å². The Hall–Kier alpha value is -3.23. The Morgan fingerprint density at radius 1 is 0.962 bits per heavy atom. The van der Waals surface area contributed by atoms with Crippen LogP contribution in [0.4, 0.5) is 0 Å². The first-order chi connectivity index (χ1) is 12.6. The molecule has 0 fully saturated rings. The normalized spacial score (nSPS) is 8.38. The van der Waals surface area contributed by atoms with Crippen molar-refractivity contribution >= 4 is 0 Å². The van der Waals surface area contributed by atoms with Gasteiger partial charge in [-0.15, -0.1) is 0 Å². The summed E-state index contributed by atoms with van der Waals surface area (Å²) in [6, 6.07) is 1.81. The first-order valence-electron chi connectivity index (χ1n) is 8.00. The van der Waals surface area contributed by atoms with E-state index in [-0.39, 0.29) is 0 Å². The Morgan fingerprint density at radius 2 is 1.73 bits per heavy atom. The van der Waals surface area contributed by atoms with Crippen molar-refractivity contribution in [3.05, 3.63) is 66.5 Å². The van der Waals surface area contributed by atoms with Crippen LogP contribution in [0, 0.1) is 27.7 Å². The number of hydrogen-bond acceptors (Lipinski definition) is 8. The molecule has 0 atom stereocenters. The molecule has 1 N–H and O–H groups in total. The van der Waals surface area contributed by atoms with Crippen LogP contribution in [-0.2, 0) is 0 Å². The molecule has 9 heteroatoms. The van der Waals surface area contributed by atoms with Crippen molar-refractivity contribution in [1.82, 2.24) is 30.4 Å². The van der Waals surface area contributed by atoms with Gasteiger partial charge in [0.25, 0.3) is 0 Å².